The molecule has 0 spiro atoms. The number of hydrogen-bond donors (Lipinski definition) is 1. The van der Waals surface area contributed by atoms with Crippen LogP contribution in [0.4, 0.5) is 0 Å². The van der Waals surface area contributed by atoms with Crippen LogP contribution in [0.2, 0.25) is 0 Å². The van der Waals surface area contributed by atoms with E-state index >= 15 is 0 Å². The van der Waals surface area contributed by atoms with Gasteiger partial charge in [-0.1, -0.05) is 0 Å². The Kier molecular flexibility index (Phi) is 1.51. The van der Waals surface area contributed by atoms with Crippen LogP contribution in [0.15, 0.2) is 12.3 Å². The van der Waals surface area contributed by atoms with Gasteiger partial charge in [-0.25, -0.2) is 0 Å². The van der Waals surface area contributed by atoms with Crippen LogP contribution in [0, 0.1) is 0 Å². The summed E-state index contributed by atoms with van der Waals surface area (Å²) in [6.07, 6.45) is 1.76. The maximum Gasteiger partial charge on any atom is 0.137 e. The molecule has 1 aromatic heterocycles. The molecule has 0 saturated heterocycles. The standard InChI is InChI=1S/C8H10N2O/c1-11-7-2-6-3-9-5-8(6)10-4-7/h2,4,9H,3,5H2,1H3. The van der Waals surface area contributed by atoms with Crippen molar-refractivity contribution in [2.24, 2.45) is 0 Å². The van der Waals surface area contributed by atoms with Crippen LogP contribution in [0.25, 0.3) is 0 Å². The average Bonchev–Trinajstić information content (AvgIpc) is 2.50. The normalized spacial score (nSPS) is 14.6. The minimum atomic E-state index is 0.840. The third-order valence-corrected chi connectivity index (χ3v) is 1.88. The fraction of sp³-hybridized carbons (Fsp3) is 0.375. The number of methoxy groups -OCH3 is 1. The Morgan fingerprint density at radius 3 is 3.27 bits per heavy atom. The van der Waals surface area contributed by atoms with Gasteiger partial charge in [-0.3, -0.25) is 4.98 Å². The second kappa shape index (κ2) is 2.51. The molecule has 2 heterocycles. The van der Waals surface area contributed by atoms with Gasteiger partial charge in [0.1, 0.15) is 5.75 Å². The van der Waals surface area contributed by atoms with E-state index in [1.807, 2.05) is 6.07 Å². The highest BCUT2D eigenvalue weighted by atomic mass is 16.5. The molecule has 3 heteroatoms. The van der Waals surface area contributed by atoms with Gasteiger partial charge in [-0.15, -0.1) is 0 Å². The second-order valence-corrected chi connectivity index (χ2v) is 2.58. The summed E-state index contributed by atoms with van der Waals surface area (Å²) in [4.78, 5) is 4.24. The van der Waals surface area contributed by atoms with E-state index in [1.54, 1.807) is 13.3 Å². The molecule has 0 aliphatic carbocycles. The fourth-order valence-corrected chi connectivity index (χ4v) is 1.26. The molecule has 0 atom stereocenters. The minimum Gasteiger partial charge on any atom is -0.495 e. The number of rotatable bonds is 1. The lowest BCUT2D eigenvalue weighted by atomic mass is 10.2. The van der Waals surface area contributed by atoms with E-state index in [0.717, 1.165) is 24.5 Å². The number of ether oxygens (including phenoxy) is 1. The molecule has 11 heavy (non-hydrogen) atoms. The highest BCUT2D eigenvalue weighted by Gasteiger charge is 2.11. The summed E-state index contributed by atoms with van der Waals surface area (Å²) in [6.45, 7) is 1.80. The first kappa shape index (κ1) is 6.61. The fourth-order valence-electron chi connectivity index (χ4n) is 1.26. The Morgan fingerprint density at radius 2 is 2.45 bits per heavy atom. The largest absolute Gasteiger partial charge is 0.495 e. The van der Waals surface area contributed by atoms with Crippen molar-refractivity contribution in [3.63, 3.8) is 0 Å². The van der Waals surface area contributed by atoms with Crippen molar-refractivity contribution in [2.75, 3.05) is 7.11 Å². The van der Waals surface area contributed by atoms with Crippen molar-refractivity contribution < 1.29 is 4.74 Å². The summed E-state index contributed by atoms with van der Waals surface area (Å²) in [5, 5.41) is 3.22. The van der Waals surface area contributed by atoms with Gasteiger partial charge in [0.15, 0.2) is 0 Å². The van der Waals surface area contributed by atoms with Crippen molar-refractivity contribution in [2.45, 2.75) is 13.1 Å². The number of nitrogens with zero attached hydrogens (tertiary/aromatic N) is 1. The SMILES string of the molecule is COc1cnc2c(c1)CNC2. The van der Waals surface area contributed by atoms with Crippen molar-refractivity contribution in [1.82, 2.24) is 10.3 Å². The van der Waals surface area contributed by atoms with Crippen LogP contribution in [0.5, 0.6) is 5.75 Å². The van der Waals surface area contributed by atoms with Gasteiger partial charge in [0, 0.05) is 13.1 Å². The molecule has 0 saturated carbocycles. The summed E-state index contributed by atoms with van der Waals surface area (Å²) in [5.41, 5.74) is 2.40. The number of hydrogen-bond acceptors (Lipinski definition) is 3. The molecule has 58 valence electrons. The van der Waals surface area contributed by atoms with E-state index in [4.69, 9.17) is 4.74 Å². The quantitative estimate of drug-likeness (QED) is 0.639. The Hall–Kier alpha value is -1.09. The van der Waals surface area contributed by atoms with Gasteiger partial charge in [0.05, 0.1) is 19.0 Å². The Morgan fingerprint density at radius 1 is 1.55 bits per heavy atom. The van der Waals surface area contributed by atoms with E-state index in [2.05, 4.69) is 10.3 Å². The van der Waals surface area contributed by atoms with E-state index < -0.39 is 0 Å². The molecule has 2 rings (SSSR count). The molecule has 0 bridgehead atoms. The molecule has 3 nitrogen and oxygen atoms in total. The molecule has 0 radical (unpaired) electrons. The van der Waals surface area contributed by atoms with E-state index in [0.29, 0.717) is 0 Å². The predicted molar refractivity (Wildman–Crippen MR) is 41.3 cm³/mol. The smallest absolute Gasteiger partial charge is 0.137 e. The van der Waals surface area contributed by atoms with Gasteiger partial charge in [0.25, 0.3) is 0 Å². The number of aromatic nitrogens is 1. The molecule has 1 aromatic rings. The average molecular weight is 150 g/mol. The van der Waals surface area contributed by atoms with Crippen LogP contribution in [0.1, 0.15) is 11.3 Å². The zero-order valence-corrected chi connectivity index (χ0v) is 6.42. The maximum absolute atomic E-state index is 5.05. The summed E-state index contributed by atoms with van der Waals surface area (Å²) >= 11 is 0. The lowest BCUT2D eigenvalue weighted by Gasteiger charge is -2.00. The first-order chi connectivity index (χ1) is 5.40. The molecule has 1 aliphatic rings. The Balaban J connectivity index is 2.41. The predicted octanol–water partition coefficient (Wildman–Crippen LogP) is 0.693. The molecule has 1 N–H and O–H groups in total. The highest BCUT2D eigenvalue weighted by Crippen LogP contribution is 2.17. The van der Waals surface area contributed by atoms with Gasteiger partial charge in [-0.05, 0) is 11.6 Å². The summed E-state index contributed by atoms with van der Waals surface area (Å²) in [6, 6.07) is 2.03. The Bertz CT molecular complexity index is 273. The van der Waals surface area contributed by atoms with Crippen molar-refractivity contribution in [1.29, 1.82) is 0 Å². The van der Waals surface area contributed by atoms with Crippen LogP contribution in [-0.4, -0.2) is 12.1 Å². The summed E-state index contributed by atoms with van der Waals surface area (Å²) in [7, 11) is 1.66. The van der Waals surface area contributed by atoms with Gasteiger partial charge in [-0.2, -0.15) is 0 Å². The van der Waals surface area contributed by atoms with Crippen molar-refractivity contribution in [3.8, 4) is 5.75 Å². The zero-order chi connectivity index (χ0) is 7.68. The molecule has 0 aromatic carbocycles. The van der Waals surface area contributed by atoms with E-state index in [-0.39, 0.29) is 0 Å². The number of fused-ring (bicyclic) bond motifs is 1. The summed E-state index contributed by atoms with van der Waals surface area (Å²) in [5.74, 6) is 0.840. The van der Waals surface area contributed by atoms with Crippen LogP contribution < -0.4 is 10.1 Å². The van der Waals surface area contributed by atoms with Crippen LogP contribution >= 0.6 is 0 Å². The van der Waals surface area contributed by atoms with Gasteiger partial charge < -0.3 is 10.1 Å². The van der Waals surface area contributed by atoms with Crippen LogP contribution in [0.3, 0.4) is 0 Å². The molecule has 0 unspecified atom stereocenters. The van der Waals surface area contributed by atoms with Gasteiger partial charge >= 0.3 is 0 Å². The topological polar surface area (TPSA) is 34.1 Å². The molecule has 1 aliphatic heterocycles. The molecular weight excluding hydrogens is 140 g/mol. The molecule has 0 amide bonds. The highest BCUT2D eigenvalue weighted by molar-refractivity contribution is 5.31. The van der Waals surface area contributed by atoms with E-state index in [1.165, 1.54) is 5.56 Å². The van der Waals surface area contributed by atoms with Crippen LogP contribution in [-0.2, 0) is 13.1 Å². The minimum absolute atomic E-state index is 0.840. The maximum atomic E-state index is 5.05. The van der Waals surface area contributed by atoms with E-state index in [9.17, 15) is 0 Å². The molecule has 0 fully saturated rings. The van der Waals surface area contributed by atoms with Gasteiger partial charge in [0.2, 0.25) is 0 Å². The first-order valence-corrected chi connectivity index (χ1v) is 3.62. The number of pyridine rings is 1. The number of nitrogens with one attached hydrogen (secondary N) is 1. The lowest BCUT2D eigenvalue weighted by molar-refractivity contribution is 0.412. The van der Waals surface area contributed by atoms with Crippen molar-refractivity contribution in [3.05, 3.63) is 23.5 Å². The zero-order valence-electron chi connectivity index (χ0n) is 6.42. The Labute approximate surface area is 65.4 Å². The summed E-state index contributed by atoms with van der Waals surface area (Å²) < 4.78 is 5.05. The van der Waals surface area contributed by atoms with Crippen molar-refractivity contribution >= 4 is 0 Å². The lowest BCUT2D eigenvalue weighted by Crippen LogP contribution is -2.00. The third kappa shape index (κ3) is 1.07. The monoisotopic (exact) mass is 150 g/mol. The molecular formula is C8H10N2O. The first-order valence-electron chi connectivity index (χ1n) is 3.62. The second-order valence-electron chi connectivity index (χ2n) is 2.58. The third-order valence-electron chi connectivity index (χ3n) is 1.88.